The highest BCUT2D eigenvalue weighted by Crippen LogP contribution is 2.44. The minimum absolute atomic E-state index is 0.448. The molecular weight excluding hydrogens is 520 g/mol. The lowest BCUT2D eigenvalue weighted by molar-refractivity contribution is 0.669. The van der Waals surface area contributed by atoms with Crippen molar-refractivity contribution in [1.82, 2.24) is 0 Å². The van der Waals surface area contributed by atoms with Gasteiger partial charge in [0, 0.05) is 10.8 Å². The molecule has 0 radical (unpaired) electrons. The molecule has 1 heteroatoms. The average Bonchev–Trinajstić information content (AvgIpc) is 3.43. The van der Waals surface area contributed by atoms with Crippen LogP contribution in [0.1, 0.15) is 2.74 Å². The van der Waals surface area contributed by atoms with Gasteiger partial charge in [0.25, 0.3) is 0 Å². The van der Waals surface area contributed by atoms with Crippen molar-refractivity contribution >= 4 is 54.3 Å². The number of fused-ring (bicyclic) bond motifs is 6. The topological polar surface area (TPSA) is 13.1 Å². The number of para-hydroxylation sites is 1. The molecule has 1 nitrogen and oxygen atoms in total. The molecule has 0 saturated carbocycles. The molecule has 0 aliphatic carbocycles. The Morgan fingerprint density at radius 2 is 0.930 bits per heavy atom. The van der Waals surface area contributed by atoms with Gasteiger partial charge < -0.3 is 4.42 Å². The Labute approximate surface area is 252 Å². The SMILES string of the molecule is [2H]c1ccc2cc(-c3c4ccccc4c(-c4cccc(-c5ccc6oc7cc([2H])ccc7c6c5)c4)c4ccccc34)ccc2c1. The van der Waals surface area contributed by atoms with Crippen molar-refractivity contribution in [3.8, 4) is 33.4 Å². The van der Waals surface area contributed by atoms with Gasteiger partial charge in [-0.2, -0.15) is 0 Å². The molecule has 0 saturated heterocycles. The van der Waals surface area contributed by atoms with Crippen molar-refractivity contribution in [3.63, 3.8) is 0 Å². The first-order valence-corrected chi connectivity index (χ1v) is 14.6. The van der Waals surface area contributed by atoms with E-state index in [2.05, 4.69) is 103 Å². The molecule has 0 amide bonds. The summed E-state index contributed by atoms with van der Waals surface area (Å²) < 4.78 is 22.1. The summed E-state index contributed by atoms with van der Waals surface area (Å²) in [6.07, 6.45) is 0. The van der Waals surface area contributed by atoms with Crippen molar-refractivity contribution in [2.75, 3.05) is 0 Å². The van der Waals surface area contributed by atoms with E-state index in [4.69, 9.17) is 7.16 Å². The van der Waals surface area contributed by atoms with Gasteiger partial charge in [0.05, 0.1) is 2.74 Å². The zero-order chi connectivity index (χ0) is 30.1. The highest BCUT2D eigenvalue weighted by molar-refractivity contribution is 6.22. The van der Waals surface area contributed by atoms with Gasteiger partial charge >= 0.3 is 0 Å². The second-order valence-electron chi connectivity index (χ2n) is 11.1. The summed E-state index contributed by atoms with van der Waals surface area (Å²) in [4.78, 5) is 0. The van der Waals surface area contributed by atoms with Crippen LogP contribution in [-0.2, 0) is 0 Å². The summed E-state index contributed by atoms with van der Waals surface area (Å²) in [5, 5.41) is 9.16. The maximum Gasteiger partial charge on any atom is 0.135 e. The number of hydrogen-bond acceptors (Lipinski definition) is 1. The van der Waals surface area contributed by atoms with Crippen LogP contribution in [0.3, 0.4) is 0 Å². The summed E-state index contributed by atoms with van der Waals surface area (Å²) in [5.41, 5.74) is 8.64. The molecule has 0 aliphatic heterocycles. The van der Waals surface area contributed by atoms with Gasteiger partial charge in [0.2, 0.25) is 0 Å². The number of furan rings is 1. The monoisotopic (exact) mass is 548 g/mol. The predicted octanol–water partition coefficient (Wildman–Crippen LogP) is 12.0. The first kappa shape index (κ1) is 22.0. The van der Waals surface area contributed by atoms with E-state index in [9.17, 15) is 0 Å². The van der Waals surface area contributed by atoms with Crippen LogP contribution >= 0.6 is 0 Å². The van der Waals surface area contributed by atoms with Crippen LogP contribution in [0.4, 0.5) is 0 Å². The lowest BCUT2D eigenvalue weighted by atomic mass is 9.85. The second kappa shape index (κ2) is 9.44. The Morgan fingerprint density at radius 1 is 0.349 bits per heavy atom. The molecule has 43 heavy (non-hydrogen) atoms. The zero-order valence-electron chi connectivity index (χ0n) is 25.3. The number of benzene rings is 8. The van der Waals surface area contributed by atoms with E-state index in [1.54, 1.807) is 6.07 Å². The molecular formula is C42H26O. The molecule has 0 unspecified atom stereocenters. The molecule has 9 rings (SSSR count). The fraction of sp³-hybridized carbons (Fsp3) is 0. The van der Waals surface area contributed by atoms with Crippen LogP contribution in [0.2, 0.25) is 0 Å². The maximum atomic E-state index is 8.04. The maximum absolute atomic E-state index is 8.04. The average molecular weight is 549 g/mol. The van der Waals surface area contributed by atoms with Gasteiger partial charge in [0.1, 0.15) is 11.2 Å². The van der Waals surface area contributed by atoms with E-state index in [1.165, 1.54) is 43.8 Å². The van der Waals surface area contributed by atoms with Crippen LogP contribution in [0.5, 0.6) is 0 Å². The van der Waals surface area contributed by atoms with Crippen molar-refractivity contribution in [3.05, 3.63) is 158 Å². The third-order valence-corrected chi connectivity index (χ3v) is 8.71. The van der Waals surface area contributed by atoms with Crippen molar-refractivity contribution in [2.45, 2.75) is 0 Å². The normalized spacial score (nSPS) is 12.4. The van der Waals surface area contributed by atoms with Crippen LogP contribution in [0.25, 0.3) is 87.6 Å². The van der Waals surface area contributed by atoms with Crippen LogP contribution in [0, 0.1) is 0 Å². The molecule has 0 spiro atoms. The van der Waals surface area contributed by atoms with Gasteiger partial charge in [0.15, 0.2) is 0 Å². The van der Waals surface area contributed by atoms with Gasteiger partial charge in [-0.1, -0.05) is 127 Å². The zero-order valence-corrected chi connectivity index (χ0v) is 23.3. The van der Waals surface area contributed by atoms with Crippen molar-refractivity contribution < 1.29 is 7.16 Å². The molecule has 9 aromatic rings. The number of hydrogen-bond donors (Lipinski definition) is 0. The highest BCUT2D eigenvalue weighted by Gasteiger charge is 2.17. The smallest absolute Gasteiger partial charge is 0.135 e. The van der Waals surface area contributed by atoms with Gasteiger partial charge in [-0.3, -0.25) is 0 Å². The standard InChI is InChI=1S/C42H26O/c1-2-11-28-24-32(21-20-27(28)10-1)42-36-17-5-3-15-34(36)41(35-16-4-6-18-37(35)42)31-13-9-12-29(25-31)30-22-23-40-38(26-30)33-14-7-8-19-39(33)43-40/h1-26H/i1D,8D. The first-order valence-electron chi connectivity index (χ1n) is 15.6. The third kappa shape index (κ3) is 3.79. The molecule has 1 aromatic heterocycles. The molecule has 1 heterocycles. The minimum atomic E-state index is 0.448. The lowest BCUT2D eigenvalue weighted by Gasteiger charge is -2.18. The third-order valence-electron chi connectivity index (χ3n) is 8.71. The summed E-state index contributed by atoms with van der Waals surface area (Å²) in [6.45, 7) is 0. The van der Waals surface area contributed by atoms with Gasteiger partial charge in [-0.15, -0.1) is 0 Å². The first-order chi connectivity index (χ1) is 22.1. The second-order valence-corrected chi connectivity index (χ2v) is 11.1. The van der Waals surface area contributed by atoms with E-state index < -0.39 is 0 Å². The van der Waals surface area contributed by atoms with Crippen LogP contribution < -0.4 is 0 Å². The highest BCUT2D eigenvalue weighted by atomic mass is 16.3. The molecule has 0 aliphatic rings. The quantitative estimate of drug-likeness (QED) is 0.200. The Morgan fingerprint density at radius 3 is 1.70 bits per heavy atom. The van der Waals surface area contributed by atoms with Gasteiger partial charge in [-0.25, -0.2) is 0 Å². The Hall–Kier alpha value is -5.66. The predicted molar refractivity (Wildman–Crippen MR) is 183 cm³/mol. The van der Waals surface area contributed by atoms with Crippen LogP contribution in [0.15, 0.2) is 162 Å². The molecule has 200 valence electrons. The van der Waals surface area contributed by atoms with E-state index in [-0.39, 0.29) is 0 Å². The van der Waals surface area contributed by atoms with Crippen molar-refractivity contribution in [1.29, 1.82) is 0 Å². The summed E-state index contributed by atoms with van der Waals surface area (Å²) in [6, 6.07) is 51.6. The minimum Gasteiger partial charge on any atom is -0.456 e. The molecule has 0 fully saturated rings. The Balaban J connectivity index is 1.26. The Kier molecular flexibility index (Phi) is 4.83. The summed E-state index contributed by atoms with van der Waals surface area (Å²) >= 11 is 0. The van der Waals surface area contributed by atoms with E-state index in [1.807, 2.05) is 36.4 Å². The molecule has 0 atom stereocenters. The fourth-order valence-electron chi connectivity index (χ4n) is 6.74. The number of rotatable bonds is 3. The van der Waals surface area contributed by atoms with E-state index >= 15 is 0 Å². The van der Waals surface area contributed by atoms with E-state index in [0.717, 1.165) is 43.8 Å². The summed E-state index contributed by atoms with van der Waals surface area (Å²) in [7, 11) is 0. The largest absolute Gasteiger partial charge is 0.456 e. The molecule has 8 aromatic carbocycles. The fourth-order valence-corrected chi connectivity index (χ4v) is 6.74. The molecule has 0 N–H and O–H groups in total. The Bertz CT molecular complexity index is 2570. The summed E-state index contributed by atoms with van der Waals surface area (Å²) in [5.74, 6) is 0. The van der Waals surface area contributed by atoms with Crippen LogP contribution in [-0.4, -0.2) is 0 Å². The van der Waals surface area contributed by atoms with Crippen molar-refractivity contribution in [2.24, 2.45) is 0 Å². The molecule has 0 bridgehead atoms. The lowest BCUT2D eigenvalue weighted by Crippen LogP contribution is -1.91. The van der Waals surface area contributed by atoms with Gasteiger partial charge in [-0.05, 0) is 96.0 Å². The van der Waals surface area contributed by atoms with E-state index in [0.29, 0.717) is 12.1 Å².